The highest BCUT2D eigenvalue weighted by atomic mass is 35.5. The normalized spacial score (nSPS) is 14.6. The Labute approximate surface area is 104 Å². The molecule has 0 saturated heterocycles. The van der Waals surface area contributed by atoms with Crippen molar-refractivity contribution >= 4 is 23.1 Å². The summed E-state index contributed by atoms with van der Waals surface area (Å²) in [6, 6.07) is 0. The second-order valence-corrected chi connectivity index (χ2v) is 4.48. The molecule has 2 rings (SSSR count). The third-order valence-electron chi connectivity index (χ3n) is 2.72. The molecule has 0 amide bonds. The molecule has 1 aromatic heterocycles. The van der Waals surface area contributed by atoms with Gasteiger partial charge in [0.05, 0.1) is 4.92 Å². The highest BCUT2D eigenvalue weighted by Crippen LogP contribution is 2.33. The van der Waals surface area contributed by atoms with E-state index in [0.717, 1.165) is 18.5 Å². The average molecular weight is 257 g/mol. The Morgan fingerprint density at radius 1 is 1.59 bits per heavy atom. The molecule has 0 aromatic carbocycles. The minimum absolute atomic E-state index is 0.0142. The molecule has 0 aliphatic heterocycles. The van der Waals surface area contributed by atoms with E-state index in [1.807, 2.05) is 0 Å². The second kappa shape index (κ2) is 5.27. The zero-order valence-electron chi connectivity index (χ0n) is 9.23. The first-order valence-corrected chi connectivity index (χ1v) is 5.95. The monoisotopic (exact) mass is 256 g/mol. The fourth-order valence-corrected chi connectivity index (χ4v) is 1.76. The van der Waals surface area contributed by atoms with E-state index in [1.54, 1.807) is 0 Å². The number of hydrogen-bond donors (Lipinski definition) is 1. The summed E-state index contributed by atoms with van der Waals surface area (Å²) < 4.78 is 0. The standard InChI is InChI=1S/C10H13ClN4O2/c11-10-13-6-8(15(16)17)9(14-10)12-5-1-2-7-3-4-7/h6-7H,1-5H2,(H,12,13,14). The molecule has 1 saturated carbocycles. The van der Waals surface area contributed by atoms with E-state index in [4.69, 9.17) is 11.6 Å². The van der Waals surface area contributed by atoms with E-state index in [2.05, 4.69) is 15.3 Å². The molecule has 1 aliphatic rings. The minimum atomic E-state index is -0.514. The second-order valence-electron chi connectivity index (χ2n) is 4.14. The number of nitrogens with one attached hydrogen (secondary N) is 1. The summed E-state index contributed by atoms with van der Waals surface area (Å²) in [5.74, 6) is 1.06. The van der Waals surface area contributed by atoms with Crippen molar-refractivity contribution in [3.63, 3.8) is 0 Å². The summed E-state index contributed by atoms with van der Waals surface area (Å²) in [5.41, 5.74) is -0.138. The average Bonchev–Trinajstić information content (AvgIpc) is 3.08. The smallest absolute Gasteiger partial charge is 0.329 e. The maximum Gasteiger partial charge on any atom is 0.329 e. The van der Waals surface area contributed by atoms with E-state index < -0.39 is 4.92 Å². The summed E-state index contributed by atoms with van der Waals surface area (Å²) in [4.78, 5) is 17.6. The summed E-state index contributed by atoms with van der Waals surface area (Å²) in [5, 5.41) is 13.7. The Balaban J connectivity index is 1.92. The molecule has 0 unspecified atom stereocenters. The maximum absolute atomic E-state index is 10.7. The van der Waals surface area contributed by atoms with Crippen molar-refractivity contribution in [1.82, 2.24) is 9.97 Å². The molecule has 0 radical (unpaired) electrons. The summed E-state index contributed by atoms with van der Waals surface area (Å²) in [7, 11) is 0. The Bertz CT molecular complexity index is 423. The third-order valence-corrected chi connectivity index (χ3v) is 2.90. The number of aromatic nitrogens is 2. The van der Waals surface area contributed by atoms with Gasteiger partial charge in [-0.3, -0.25) is 10.1 Å². The van der Waals surface area contributed by atoms with E-state index in [0.29, 0.717) is 6.54 Å². The van der Waals surface area contributed by atoms with E-state index in [-0.39, 0.29) is 16.8 Å². The van der Waals surface area contributed by atoms with Crippen LogP contribution in [0.2, 0.25) is 5.28 Å². The Kier molecular flexibility index (Phi) is 3.73. The molecule has 17 heavy (non-hydrogen) atoms. The van der Waals surface area contributed by atoms with Crippen LogP contribution in [0, 0.1) is 16.0 Å². The molecule has 1 aromatic rings. The molecule has 0 spiro atoms. The van der Waals surface area contributed by atoms with Gasteiger partial charge in [0.25, 0.3) is 0 Å². The number of hydrogen-bond acceptors (Lipinski definition) is 5. The van der Waals surface area contributed by atoms with Crippen LogP contribution in [0.4, 0.5) is 11.5 Å². The van der Waals surface area contributed by atoms with Gasteiger partial charge in [-0.25, -0.2) is 4.98 Å². The molecule has 1 fully saturated rings. The van der Waals surface area contributed by atoms with Crippen molar-refractivity contribution in [3.05, 3.63) is 21.6 Å². The minimum Gasteiger partial charge on any atom is -0.364 e. The van der Waals surface area contributed by atoms with Crippen LogP contribution in [0.5, 0.6) is 0 Å². The molecular weight excluding hydrogens is 244 g/mol. The number of anilines is 1. The van der Waals surface area contributed by atoms with Gasteiger partial charge in [0.15, 0.2) is 0 Å². The first-order chi connectivity index (χ1) is 8.16. The lowest BCUT2D eigenvalue weighted by Gasteiger charge is -2.05. The van der Waals surface area contributed by atoms with Gasteiger partial charge in [0, 0.05) is 6.54 Å². The SMILES string of the molecule is O=[N+]([O-])c1cnc(Cl)nc1NCCCC1CC1. The van der Waals surface area contributed by atoms with Gasteiger partial charge in [-0.2, -0.15) is 4.98 Å². The molecule has 92 valence electrons. The maximum atomic E-state index is 10.7. The molecule has 6 nitrogen and oxygen atoms in total. The Morgan fingerprint density at radius 3 is 3.00 bits per heavy atom. The zero-order valence-corrected chi connectivity index (χ0v) is 9.98. The Hall–Kier alpha value is -1.43. The largest absolute Gasteiger partial charge is 0.364 e. The number of nitrogens with zero attached hydrogens (tertiary/aromatic N) is 3. The molecule has 1 N–H and O–H groups in total. The van der Waals surface area contributed by atoms with E-state index in [9.17, 15) is 10.1 Å². The topological polar surface area (TPSA) is 81.0 Å². The van der Waals surface area contributed by atoms with Crippen molar-refractivity contribution in [1.29, 1.82) is 0 Å². The van der Waals surface area contributed by atoms with Crippen molar-refractivity contribution in [2.75, 3.05) is 11.9 Å². The number of rotatable bonds is 6. The number of halogens is 1. The fourth-order valence-electron chi connectivity index (χ4n) is 1.62. The van der Waals surface area contributed by atoms with Gasteiger partial charge < -0.3 is 5.32 Å². The van der Waals surface area contributed by atoms with Gasteiger partial charge in [0.1, 0.15) is 6.20 Å². The molecule has 7 heteroatoms. The van der Waals surface area contributed by atoms with Crippen molar-refractivity contribution in [3.8, 4) is 0 Å². The highest BCUT2D eigenvalue weighted by Gasteiger charge is 2.20. The van der Waals surface area contributed by atoms with Crippen molar-refractivity contribution in [2.24, 2.45) is 5.92 Å². The lowest BCUT2D eigenvalue weighted by molar-refractivity contribution is -0.384. The van der Waals surface area contributed by atoms with Crippen molar-refractivity contribution in [2.45, 2.75) is 25.7 Å². The van der Waals surface area contributed by atoms with Gasteiger partial charge in [-0.1, -0.05) is 12.8 Å². The number of nitro groups is 1. The van der Waals surface area contributed by atoms with Crippen molar-refractivity contribution < 1.29 is 4.92 Å². The lowest BCUT2D eigenvalue weighted by atomic mass is 10.2. The third kappa shape index (κ3) is 3.52. The van der Waals surface area contributed by atoms with Gasteiger partial charge in [0.2, 0.25) is 11.1 Å². The van der Waals surface area contributed by atoms with Gasteiger partial charge >= 0.3 is 5.69 Å². The van der Waals surface area contributed by atoms with E-state index >= 15 is 0 Å². The Morgan fingerprint density at radius 2 is 2.35 bits per heavy atom. The summed E-state index contributed by atoms with van der Waals surface area (Å²) >= 11 is 5.61. The predicted octanol–water partition coefficient (Wildman–Crippen LogP) is 2.64. The van der Waals surface area contributed by atoms with Crippen LogP contribution in [-0.2, 0) is 0 Å². The van der Waals surface area contributed by atoms with Gasteiger partial charge in [-0.05, 0) is 30.4 Å². The predicted molar refractivity (Wildman–Crippen MR) is 64.1 cm³/mol. The van der Waals surface area contributed by atoms with Crippen LogP contribution in [0.25, 0.3) is 0 Å². The van der Waals surface area contributed by atoms with Crippen LogP contribution >= 0.6 is 11.6 Å². The molecule has 0 bridgehead atoms. The van der Waals surface area contributed by atoms with E-state index in [1.165, 1.54) is 19.3 Å². The molecule has 1 aliphatic carbocycles. The van der Waals surface area contributed by atoms with Gasteiger partial charge in [-0.15, -0.1) is 0 Å². The van der Waals surface area contributed by atoms with Crippen LogP contribution in [-0.4, -0.2) is 21.4 Å². The fraction of sp³-hybridized carbons (Fsp3) is 0.600. The first kappa shape index (κ1) is 12.0. The molecular formula is C10H13ClN4O2. The quantitative estimate of drug-likeness (QED) is 0.366. The summed E-state index contributed by atoms with van der Waals surface area (Å²) in [6.45, 7) is 0.671. The molecule has 1 heterocycles. The van der Waals surface area contributed by atoms with Crippen LogP contribution in [0.3, 0.4) is 0 Å². The lowest BCUT2D eigenvalue weighted by Crippen LogP contribution is -2.07. The molecule has 0 atom stereocenters. The van der Waals surface area contributed by atoms with Crippen LogP contribution < -0.4 is 5.32 Å². The van der Waals surface area contributed by atoms with Crippen LogP contribution in [0.15, 0.2) is 6.20 Å². The highest BCUT2D eigenvalue weighted by molar-refractivity contribution is 6.28. The van der Waals surface area contributed by atoms with Crippen LogP contribution in [0.1, 0.15) is 25.7 Å². The summed E-state index contributed by atoms with van der Waals surface area (Å²) in [6.07, 6.45) is 5.92. The zero-order chi connectivity index (χ0) is 12.3. The first-order valence-electron chi connectivity index (χ1n) is 5.57.